The van der Waals surface area contributed by atoms with E-state index in [9.17, 15) is 4.79 Å². The SMILES string of the molecule is O=C(C(Cc1cccc(Cl)c1Cl)c1cc(Br)cnc1Cl)C(Cc1cccc(Cl)c1Cl)c1cc(Br)cnc1Cl. The predicted octanol–water partition coefficient (Wildman–Crippen LogP) is 10.8. The van der Waals surface area contributed by atoms with Gasteiger partial charge in [0.15, 0.2) is 0 Å². The Morgan fingerprint density at radius 3 is 1.47 bits per heavy atom. The predicted molar refractivity (Wildman–Crippen MR) is 165 cm³/mol. The highest BCUT2D eigenvalue weighted by Crippen LogP contribution is 2.40. The fourth-order valence-electron chi connectivity index (χ4n) is 4.19. The molecular formula is C27H16Br2Cl6N2O. The van der Waals surface area contributed by atoms with Crippen LogP contribution in [0.4, 0.5) is 0 Å². The zero-order chi connectivity index (χ0) is 27.6. The third kappa shape index (κ3) is 6.87. The molecule has 0 saturated heterocycles. The van der Waals surface area contributed by atoms with Crippen molar-refractivity contribution >= 4 is 107 Å². The van der Waals surface area contributed by atoms with Crippen molar-refractivity contribution in [1.29, 1.82) is 0 Å². The Hall–Kier alpha value is -0.890. The molecule has 4 aromatic rings. The Morgan fingerprint density at radius 2 is 1.08 bits per heavy atom. The van der Waals surface area contributed by atoms with Crippen LogP contribution in [0.3, 0.4) is 0 Å². The van der Waals surface area contributed by atoms with Gasteiger partial charge in [-0.15, -0.1) is 0 Å². The van der Waals surface area contributed by atoms with Gasteiger partial charge in [-0.3, -0.25) is 4.79 Å². The Morgan fingerprint density at radius 1 is 0.684 bits per heavy atom. The number of Topliss-reactive ketones (excluding diaryl/α,β-unsaturated/α-hetero) is 1. The van der Waals surface area contributed by atoms with Gasteiger partial charge in [0.05, 0.1) is 31.9 Å². The molecule has 2 unspecified atom stereocenters. The van der Waals surface area contributed by atoms with Crippen LogP contribution < -0.4 is 0 Å². The number of aromatic nitrogens is 2. The number of pyridine rings is 2. The number of hydrogen-bond donors (Lipinski definition) is 0. The number of rotatable bonds is 8. The van der Waals surface area contributed by atoms with Gasteiger partial charge in [-0.2, -0.15) is 0 Å². The van der Waals surface area contributed by atoms with Gasteiger partial charge in [0.1, 0.15) is 16.1 Å². The summed E-state index contributed by atoms with van der Waals surface area (Å²) >= 11 is 45.7. The Kier molecular flexibility index (Phi) is 10.4. The third-order valence-electron chi connectivity index (χ3n) is 6.01. The molecule has 196 valence electrons. The standard InChI is InChI=1S/C27H16Br2Cl6N2O/c28-15-9-19(26(34)36-11-15)17(7-13-3-1-5-21(30)23(13)32)25(38)18(20-10-16(29)12-37-27(20)35)8-14-4-2-6-22(31)24(14)33/h1-6,9-12,17-18H,7-8H2. The number of nitrogens with zero attached hydrogens (tertiary/aromatic N) is 2. The molecule has 38 heavy (non-hydrogen) atoms. The largest absolute Gasteiger partial charge is 0.298 e. The summed E-state index contributed by atoms with van der Waals surface area (Å²) in [7, 11) is 0. The van der Waals surface area contributed by atoms with E-state index in [1.807, 2.05) is 12.1 Å². The van der Waals surface area contributed by atoms with E-state index in [1.165, 1.54) is 0 Å². The molecule has 0 fully saturated rings. The lowest BCUT2D eigenvalue weighted by molar-refractivity contribution is -0.122. The lowest BCUT2D eigenvalue weighted by Gasteiger charge is -2.25. The first-order valence-corrected chi connectivity index (χ1v) is 14.9. The molecule has 0 radical (unpaired) electrons. The van der Waals surface area contributed by atoms with Crippen molar-refractivity contribution in [3.63, 3.8) is 0 Å². The first-order chi connectivity index (χ1) is 18.1. The summed E-state index contributed by atoms with van der Waals surface area (Å²) in [5, 5.41) is 1.89. The maximum atomic E-state index is 14.6. The fraction of sp³-hybridized carbons (Fsp3) is 0.148. The van der Waals surface area contributed by atoms with Gasteiger partial charge in [-0.25, -0.2) is 9.97 Å². The van der Waals surface area contributed by atoms with Gasteiger partial charge in [0, 0.05) is 32.5 Å². The third-order valence-corrected chi connectivity index (χ3v) is 9.23. The molecule has 2 aromatic carbocycles. The van der Waals surface area contributed by atoms with Crippen molar-refractivity contribution < 1.29 is 4.79 Å². The van der Waals surface area contributed by atoms with Gasteiger partial charge in [0.2, 0.25) is 0 Å². The molecule has 0 N–H and O–H groups in total. The van der Waals surface area contributed by atoms with Gasteiger partial charge in [-0.1, -0.05) is 93.9 Å². The second-order valence-corrected chi connectivity index (χ2v) is 12.5. The second kappa shape index (κ2) is 13.2. The highest BCUT2D eigenvalue weighted by molar-refractivity contribution is 9.10. The van der Waals surface area contributed by atoms with Crippen molar-refractivity contribution in [1.82, 2.24) is 9.97 Å². The van der Waals surface area contributed by atoms with E-state index in [0.29, 0.717) is 51.3 Å². The molecule has 2 aromatic heterocycles. The van der Waals surface area contributed by atoms with Crippen LogP contribution in [-0.2, 0) is 17.6 Å². The van der Waals surface area contributed by atoms with Crippen LogP contribution in [0.5, 0.6) is 0 Å². The van der Waals surface area contributed by atoms with Gasteiger partial charge >= 0.3 is 0 Å². The van der Waals surface area contributed by atoms with Crippen LogP contribution in [0, 0.1) is 0 Å². The number of halogens is 8. The zero-order valence-corrected chi connectivity index (χ0v) is 26.9. The van der Waals surface area contributed by atoms with Crippen molar-refractivity contribution in [2.75, 3.05) is 0 Å². The minimum Gasteiger partial charge on any atom is -0.298 e. The molecule has 2 atom stereocenters. The second-order valence-electron chi connectivity index (χ2n) is 8.41. The first kappa shape index (κ1) is 30.1. The molecule has 0 saturated carbocycles. The molecular weight excluding hydrogens is 741 g/mol. The lowest BCUT2D eigenvalue weighted by atomic mass is 9.78. The zero-order valence-electron chi connectivity index (χ0n) is 19.2. The molecule has 0 aliphatic carbocycles. The topological polar surface area (TPSA) is 42.9 Å². The van der Waals surface area contributed by atoms with Crippen LogP contribution in [-0.4, -0.2) is 15.8 Å². The smallest absolute Gasteiger partial charge is 0.148 e. The maximum absolute atomic E-state index is 14.6. The number of carbonyl (C=O) groups excluding carboxylic acids is 1. The van der Waals surface area contributed by atoms with E-state index in [-0.39, 0.29) is 28.9 Å². The van der Waals surface area contributed by atoms with Crippen molar-refractivity contribution in [3.05, 3.63) is 123 Å². The van der Waals surface area contributed by atoms with Crippen LogP contribution in [0.15, 0.2) is 69.9 Å². The van der Waals surface area contributed by atoms with E-state index in [4.69, 9.17) is 69.6 Å². The summed E-state index contributed by atoms with van der Waals surface area (Å²) in [6.45, 7) is 0. The highest BCUT2D eigenvalue weighted by atomic mass is 79.9. The Balaban J connectivity index is 1.89. The molecule has 0 aliphatic heterocycles. The summed E-state index contributed by atoms with van der Waals surface area (Å²) in [4.78, 5) is 23.1. The van der Waals surface area contributed by atoms with Gasteiger partial charge in [-0.05, 0) is 80.1 Å². The van der Waals surface area contributed by atoms with Crippen LogP contribution in [0.2, 0.25) is 30.4 Å². The summed E-state index contributed by atoms with van der Waals surface area (Å²) in [5.41, 5.74) is 2.44. The van der Waals surface area contributed by atoms with Crippen molar-refractivity contribution in [3.8, 4) is 0 Å². The Labute approximate surface area is 267 Å². The molecule has 2 heterocycles. The summed E-state index contributed by atoms with van der Waals surface area (Å²) in [5.74, 6) is -1.70. The highest BCUT2D eigenvalue weighted by Gasteiger charge is 2.34. The quantitative estimate of drug-likeness (QED) is 0.168. The van der Waals surface area contributed by atoms with Crippen LogP contribution in [0.1, 0.15) is 34.1 Å². The average Bonchev–Trinajstić information content (AvgIpc) is 2.88. The number of carbonyl (C=O) groups is 1. The molecule has 0 aliphatic rings. The molecule has 0 bridgehead atoms. The van der Waals surface area contributed by atoms with E-state index in [0.717, 1.165) is 0 Å². The number of ketones is 1. The van der Waals surface area contributed by atoms with Crippen molar-refractivity contribution in [2.45, 2.75) is 24.7 Å². The summed E-state index contributed by atoms with van der Waals surface area (Å²) in [6, 6.07) is 14.1. The Bertz CT molecular complexity index is 1410. The van der Waals surface area contributed by atoms with Crippen LogP contribution in [0.25, 0.3) is 0 Å². The normalized spacial score (nSPS) is 12.8. The van der Waals surface area contributed by atoms with Gasteiger partial charge < -0.3 is 0 Å². The van der Waals surface area contributed by atoms with E-state index in [1.54, 1.807) is 48.8 Å². The van der Waals surface area contributed by atoms with Crippen LogP contribution >= 0.6 is 101 Å². The number of benzene rings is 2. The molecule has 11 heteroatoms. The van der Waals surface area contributed by atoms with Gasteiger partial charge in [0.25, 0.3) is 0 Å². The summed E-state index contributed by atoms with van der Waals surface area (Å²) < 4.78 is 1.34. The maximum Gasteiger partial charge on any atom is 0.148 e. The molecule has 4 rings (SSSR count). The van der Waals surface area contributed by atoms with Crippen molar-refractivity contribution in [2.24, 2.45) is 0 Å². The first-order valence-electron chi connectivity index (χ1n) is 11.1. The summed E-state index contributed by atoms with van der Waals surface area (Å²) in [6.07, 6.45) is 3.57. The average molecular weight is 757 g/mol. The van der Waals surface area contributed by atoms with E-state index in [2.05, 4.69) is 41.8 Å². The number of hydrogen-bond acceptors (Lipinski definition) is 3. The van der Waals surface area contributed by atoms with E-state index >= 15 is 0 Å². The monoisotopic (exact) mass is 752 g/mol. The fourth-order valence-corrected chi connectivity index (χ4v) is 6.15. The minimum atomic E-state index is -0.763. The lowest BCUT2D eigenvalue weighted by Crippen LogP contribution is -2.25. The minimum absolute atomic E-state index is 0.180. The molecule has 3 nitrogen and oxygen atoms in total. The molecule has 0 spiro atoms. The van der Waals surface area contributed by atoms with E-state index < -0.39 is 11.8 Å². The molecule has 0 amide bonds.